The average Bonchev–Trinajstić information content (AvgIpc) is 3.01. The minimum Gasteiger partial charge on any atom is -0.355 e. The van der Waals surface area contributed by atoms with Gasteiger partial charge in [0.25, 0.3) is 0 Å². The van der Waals surface area contributed by atoms with Gasteiger partial charge >= 0.3 is 0 Å². The first-order chi connectivity index (χ1) is 12.9. The number of piperazine rings is 1. The van der Waals surface area contributed by atoms with Crippen molar-refractivity contribution in [3.05, 3.63) is 11.4 Å². The third kappa shape index (κ3) is 4.68. The monoisotopic (exact) mass is 398 g/mol. The number of H-pyrrole nitrogens is 1. The quantitative estimate of drug-likeness (QED) is 0.593. The molecule has 0 aliphatic carbocycles. The first kappa shape index (κ1) is 20.2. The second-order valence-electron chi connectivity index (χ2n) is 7.35. The molecular formula is C17H30N6O3S. The molecule has 0 saturated carbocycles. The summed E-state index contributed by atoms with van der Waals surface area (Å²) in [5, 5.41) is 13.0. The topological polar surface area (TPSA) is 110 Å². The smallest absolute Gasteiger partial charge is 0.246 e. The van der Waals surface area contributed by atoms with Crippen molar-refractivity contribution in [1.29, 1.82) is 0 Å². The van der Waals surface area contributed by atoms with Crippen LogP contribution in [0.2, 0.25) is 0 Å². The molecule has 2 aliphatic heterocycles. The molecule has 1 aromatic heterocycles. The van der Waals surface area contributed by atoms with Crippen molar-refractivity contribution in [3.63, 3.8) is 0 Å². The van der Waals surface area contributed by atoms with E-state index >= 15 is 0 Å². The minimum absolute atomic E-state index is 0.0503. The highest BCUT2D eigenvalue weighted by atomic mass is 32.2. The molecule has 1 aromatic rings. The lowest BCUT2D eigenvalue weighted by molar-refractivity contribution is -0.126. The maximum Gasteiger partial charge on any atom is 0.246 e. The fourth-order valence-electron chi connectivity index (χ4n) is 3.84. The van der Waals surface area contributed by atoms with E-state index in [1.54, 1.807) is 13.8 Å². The lowest BCUT2D eigenvalue weighted by Crippen LogP contribution is -2.48. The van der Waals surface area contributed by atoms with Crippen molar-refractivity contribution in [2.45, 2.75) is 31.6 Å². The van der Waals surface area contributed by atoms with E-state index in [-0.39, 0.29) is 23.3 Å². The minimum atomic E-state index is -3.64. The van der Waals surface area contributed by atoms with Crippen molar-refractivity contribution in [2.24, 2.45) is 5.92 Å². The number of amides is 1. The van der Waals surface area contributed by atoms with Gasteiger partial charge in [-0.3, -0.25) is 14.8 Å². The van der Waals surface area contributed by atoms with Crippen LogP contribution in [0.15, 0.2) is 4.90 Å². The number of aromatic amines is 1. The highest BCUT2D eigenvalue weighted by Gasteiger charge is 2.35. The summed E-state index contributed by atoms with van der Waals surface area (Å²) in [6.07, 6.45) is 1.40. The maximum atomic E-state index is 13.0. The van der Waals surface area contributed by atoms with Crippen LogP contribution in [0.3, 0.4) is 0 Å². The Hall–Kier alpha value is -1.49. The van der Waals surface area contributed by atoms with Gasteiger partial charge in [0.15, 0.2) is 0 Å². The largest absolute Gasteiger partial charge is 0.355 e. The number of carbonyl (C=O) groups excluding carboxylic acids is 1. The van der Waals surface area contributed by atoms with E-state index in [4.69, 9.17) is 0 Å². The molecule has 2 aliphatic rings. The number of aryl methyl sites for hydroxylation is 2. The van der Waals surface area contributed by atoms with Gasteiger partial charge in [0.2, 0.25) is 15.9 Å². The Bertz CT molecular complexity index is 737. The van der Waals surface area contributed by atoms with Gasteiger partial charge in [-0.05, 0) is 26.7 Å². The van der Waals surface area contributed by atoms with Crippen LogP contribution in [-0.2, 0) is 14.8 Å². The van der Waals surface area contributed by atoms with Crippen LogP contribution in [0.25, 0.3) is 0 Å². The first-order valence-corrected chi connectivity index (χ1v) is 11.1. The summed E-state index contributed by atoms with van der Waals surface area (Å²) in [4.78, 5) is 15.1. The second-order valence-corrected chi connectivity index (χ2v) is 9.22. The van der Waals surface area contributed by atoms with Crippen LogP contribution in [-0.4, -0.2) is 86.1 Å². The molecule has 0 bridgehead atoms. The summed E-state index contributed by atoms with van der Waals surface area (Å²) in [5.74, 6) is -0.352. The number of sulfonamides is 1. The van der Waals surface area contributed by atoms with Crippen molar-refractivity contribution in [2.75, 3.05) is 52.4 Å². The van der Waals surface area contributed by atoms with Gasteiger partial charge in [-0.1, -0.05) is 0 Å². The lowest BCUT2D eigenvalue weighted by Gasteiger charge is -2.31. The number of aromatic nitrogens is 2. The van der Waals surface area contributed by atoms with Gasteiger partial charge < -0.3 is 10.6 Å². The van der Waals surface area contributed by atoms with Gasteiger partial charge in [0.05, 0.1) is 17.3 Å². The van der Waals surface area contributed by atoms with Gasteiger partial charge in [0, 0.05) is 52.4 Å². The molecule has 0 spiro atoms. The molecule has 3 N–H and O–H groups in total. The number of hydrogen-bond donors (Lipinski definition) is 3. The lowest BCUT2D eigenvalue weighted by atomic mass is 9.99. The van der Waals surface area contributed by atoms with Gasteiger partial charge in [0.1, 0.15) is 4.90 Å². The van der Waals surface area contributed by atoms with Crippen LogP contribution in [0.4, 0.5) is 0 Å². The van der Waals surface area contributed by atoms with Gasteiger partial charge in [-0.25, -0.2) is 8.42 Å². The van der Waals surface area contributed by atoms with E-state index in [1.165, 1.54) is 4.31 Å². The molecule has 27 heavy (non-hydrogen) atoms. The van der Waals surface area contributed by atoms with Crippen molar-refractivity contribution in [3.8, 4) is 0 Å². The molecule has 1 atom stereocenters. The fraction of sp³-hybridized carbons (Fsp3) is 0.765. The summed E-state index contributed by atoms with van der Waals surface area (Å²) >= 11 is 0. The molecule has 3 rings (SSSR count). The van der Waals surface area contributed by atoms with E-state index in [2.05, 4.69) is 25.7 Å². The highest BCUT2D eigenvalue weighted by molar-refractivity contribution is 7.89. The van der Waals surface area contributed by atoms with Crippen molar-refractivity contribution >= 4 is 15.9 Å². The van der Waals surface area contributed by atoms with E-state index in [0.717, 1.165) is 39.1 Å². The van der Waals surface area contributed by atoms with Crippen molar-refractivity contribution < 1.29 is 13.2 Å². The Labute approximate surface area is 160 Å². The van der Waals surface area contributed by atoms with E-state index in [9.17, 15) is 13.2 Å². The molecule has 1 amide bonds. The normalized spacial score (nSPS) is 22.7. The Morgan fingerprint density at radius 2 is 2.00 bits per heavy atom. The van der Waals surface area contributed by atoms with E-state index in [0.29, 0.717) is 30.9 Å². The van der Waals surface area contributed by atoms with Crippen molar-refractivity contribution in [1.82, 2.24) is 30.0 Å². The molecular weight excluding hydrogens is 368 g/mol. The molecule has 10 heteroatoms. The predicted molar refractivity (Wildman–Crippen MR) is 102 cm³/mol. The van der Waals surface area contributed by atoms with Crippen LogP contribution in [0, 0.1) is 19.8 Å². The van der Waals surface area contributed by atoms with Crippen LogP contribution in [0.5, 0.6) is 0 Å². The zero-order valence-electron chi connectivity index (χ0n) is 16.1. The van der Waals surface area contributed by atoms with Crippen LogP contribution < -0.4 is 10.6 Å². The van der Waals surface area contributed by atoms with Crippen LogP contribution in [0.1, 0.15) is 24.2 Å². The zero-order valence-corrected chi connectivity index (χ0v) is 16.9. The van der Waals surface area contributed by atoms with E-state index in [1.807, 2.05) is 0 Å². The highest BCUT2D eigenvalue weighted by Crippen LogP contribution is 2.26. The summed E-state index contributed by atoms with van der Waals surface area (Å²) < 4.78 is 27.4. The summed E-state index contributed by atoms with van der Waals surface area (Å²) in [7, 11) is -3.64. The summed E-state index contributed by atoms with van der Waals surface area (Å²) in [5.41, 5.74) is 1.00. The Morgan fingerprint density at radius 1 is 1.26 bits per heavy atom. The average molecular weight is 399 g/mol. The Morgan fingerprint density at radius 3 is 2.67 bits per heavy atom. The molecule has 2 fully saturated rings. The fourth-order valence-corrected chi connectivity index (χ4v) is 5.70. The summed E-state index contributed by atoms with van der Waals surface area (Å²) in [6.45, 7) is 9.44. The van der Waals surface area contributed by atoms with Crippen LogP contribution >= 0.6 is 0 Å². The number of nitrogens with zero attached hydrogens (tertiary/aromatic N) is 3. The number of hydrogen-bond acceptors (Lipinski definition) is 6. The second kappa shape index (κ2) is 8.68. The molecule has 3 heterocycles. The van der Waals surface area contributed by atoms with E-state index < -0.39 is 10.0 Å². The SMILES string of the molecule is Cc1n[nH]c(C)c1S(=O)(=O)N1CCCC(C(=O)NCCN2CCNCC2)C1. The summed E-state index contributed by atoms with van der Waals surface area (Å²) in [6, 6.07) is 0. The standard InChI is InChI=1S/C17H30N6O3S/c1-13-16(14(2)21-20-13)27(25,26)23-8-3-4-15(12-23)17(24)19-7-11-22-9-5-18-6-10-22/h15,18H,3-12H2,1-2H3,(H,19,24)(H,20,21). The zero-order chi connectivity index (χ0) is 19.4. The molecule has 1 unspecified atom stereocenters. The van der Waals surface area contributed by atoms with Gasteiger partial charge in [-0.15, -0.1) is 0 Å². The molecule has 2 saturated heterocycles. The predicted octanol–water partition coefficient (Wildman–Crippen LogP) is -0.551. The number of rotatable bonds is 6. The Balaban J connectivity index is 1.56. The third-order valence-electron chi connectivity index (χ3n) is 5.35. The Kier molecular flexibility index (Phi) is 6.51. The number of carbonyl (C=O) groups is 1. The third-order valence-corrected chi connectivity index (χ3v) is 7.48. The molecule has 9 nitrogen and oxygen atoms in total. The number of piperidine rings is 1. The molecule has 0 radical (unpaired) electrons. The molecule has 0 aromatic carbocycles. The maximum absolute atomic E-state index is 13.0. The number of nitrogens with one attached hydrogen (secondary N) is 3. The van der Waals surface area contributed by atoms with Gasteiger partial charge in [-0.2, -0.15) is 9.40 Å². The molecule has 152 valence electrons. The first-order valence-electron chi connectivity index (χ1n) is 9.62.